The van der Waals surface area contributed by atoms with E-state index in [0.717, 1.165) is 24.3 Å². The van der Waals surface area contributed by atoms with E-state index in [-0.39, 0.29) is 5.91 Å². The molecule has 0 aliphatic rings. The topological polar surface area (TPSA) is 38.8 Å². The molecule has 0 spiro atoms. The predicted molar refractivity (Wildman–Crippen MR) is 101 cm³/mol. The minimum atomic E-state index is 0.000160. The summed E-state index contributed by atoms with van der Waals surface area (Å²) in [6.07, 6.45) is 1.75. The van der Waals surface area contributed by atoms with Gasteiger partial charge in [0, 0.05) is 24.2 Å². The van der Waals surface area contributed by atoms with Gasteiger partial charge in [0.25, 0.3) is 5.91 Å². The highest BCUT2D eigenvalue weighted by Gasteiger charge is 2.12. The van der Waals surface area contributed by atoms with Crippen LogP contribution >= 0.6 is 11.6 Å². The highest BCUT2D eigenvalue weighted by atomic mass is 35.5. The van der Waals surface area contributed by atoms with Crippen LogP contribution in [0.4, 0.5) is 0 Å². The van der Waals surface area contributed by atoms with Crippen molar-refractivity contribution in [1.82, 2.24) is 4.90 Å². The van der Waals surface area contributed by atoms with E-state index in [4.69, 9.17) is 21.1 Å². The maximum Gasteiger partial charge on any atom is 0.253 e. The first-order chi connectivity index (χ1) is 12.1. The second-order valence-corrected chi connectivity index (χ2v) is 6.13. The molecule has 0 heterocycles. The lowest BCUT2D eigenvalue weighted by Gasteiger charge is -2.17. The Hall–Kier alpha value is -2.20. The molecule has 0 aliphatic carbocycles. The Labute approximate surface area is 154 Å². The van der Waals surface area contributed by atoms with E-state index in [1.165, 1.54) is 0 Å². The van der Waals surface area contributed by atoms with Crippen LogP contribution in [0.25, 0.3) is 0 Å². The minimum absolute atomic E-state index is 0.000160. The molecule has 2 aromatic carbocycles. The molecule has 25 heavy (non-hydrogen) atoms. The molecular weight excluding hydrogens is 338 g/mol. The van der Waals surface area contributed by atoms with Crippen molar-refractivity contribution in [2.24, 2.45) is 0 Å². The Morgan fingerprint density at radius 2 is 1.80 bits per heavy atom. The van der Waals surface area contributed by atoms with Crippen LogP contribution in [0.3, 0.4) is 0 Å². The maximum atomic E-state index is 12.4. The van der Waals surface area contributed by atoms with E-state index in [9.17, 15) is 4.79 Å². The lowest BCUT2D eigenvalue weighted by atomic mass is 10.2. The van der Waals surface area contributed by atoms with Crippen LogP contribution in [-0.4, -0.2) is 37.6 Å². The first kappa shape index (κ1) is 19.1. The Balaban J connectivity index is 1.72. The molecule has 0 fully saturated rings. The van der Waals surface area contributed by atoms with Crippen molar-refractivity contribution in [2.45, 2.75) is 19.8 Å². The van der Waals surface area contributed by atoms with Crippen LogP contribution in [-0.2, 0) is 0 Å². The van der Waals surface area contributed by atoms with Gasteiger partial charge in [-0.05, 0) is 62.2 Å². The molecule has 0 atom stereocenters. The van der Waals surface area contributed by atoms with Gasteiger partial charge in [-0.25, -0.2) is 0 Å². The van der Waals surface area contributed by atoms with Gasteiger partial charge in [0.15, 0.2) is 0 Å². The lowest BCUT2D eigenvalue weighted by molar-refractivity contribution is 0.0790. The van der Waals surface area contributed by atoms with Crippen LogP contribution < -0.4 is 9.47 Å². The third-order valence-corrected chi connectivity index (χ3v) is 3.96. The molecule has 0 saturated carbocycles. The minimum Gasteiger partial charge on any atom is -0.494 e. The van der Waals surface area contributed by atoms with E-state index < -0.39 is 0 Å². The van der Waals surface area contributed by atoms with Crippen molar-refractivity contribution in [3.8, 4) is 11.5 Å². The number of halogens is 1. The number of hydrogen-bond acceptors (Lipinski definition) is 3. The van der Waals surface area contributed by atoms with Crippen LogP contribution in [0, 0.1) is 0 Å². The quantitative estimate of drug-likeness (QED) is 0.609. The lowest BCUT2D eigenvalue weighted by Crippen LogP contribution is -2.28. The highest BCUT2D eigenvalue weighted by molar-refractivity contribution is 6.30. The summed E-state index contributed by atoms with van der Waals surface area (Å²) in [5.41, 5.74) is 0.644. The molecule has 1 amide bonds. The van der Waals surface area contributed by atoms with E-state index in [1.54, 1.807) is 23.1 Å². The van der Waals surface area contributed by atoms with E-state index in [2.05, 4.69) is 0 Å². The molecule has 5 heteroatoms. The molecule has 0 unspecified atom stereocenters. The number of carbonyl (C=O) groups is 1. The fourth-order valence-corrected chi connectivity index (χ4v) is 2.51. The summed E-state index contributed by atoms with van der Waals surface area (Å²) in [6.45, 7) is 3.80. The second kappa shape index (κ2) is 9.94. The van der Waals surface area contributed by atoms with Crippen molar-refractivity contribution in [3.63, 3.8) is 0 Å². The van der Waals surface area contributed by atoms with Gasteiger partial charge in [-0.2, -0.15) is 0 Å². The molecule has 2 rings (SSSR count). The Morgan fingerprint density at radius 1 is 1.04 bits per heavy atom. The van der Waals surface area contributed by atoms with Gasteiger partial charge in [0.1, 0.15) is 11.5 Å². The average Bonchev–Trinajstić information content (AvgIpc) is 2.62. The fraction of sp³-hybridized carbons (Fsp3) is 0.350. The molecule has 0 N–H and O–H groups in total. The van der Waals surface area contributed by atoms with E-state index in [1.807, 2.05) is 44.3 Å². The van der Waals surface area contributed by atoms with Gasteiger partial charge in [-0.15, -0.1) is 0 Å². The van der Waals surface area contributed by atoms with Gasteiger partial charge >= 0.3 is 0 Å². The van der Waals surface area contributed by atoms with Crippen molar-refractivity contribution in [3.05, 3.63) is 59.1 Å². The summed E-state index contributed by atoms with van der Waals surface area (Å²) in [7, 11) is 1.82. The molecule has 2 aromatic rings. The number of unbranched alkanes of at least 4 members (excludes halogenated alkanes) is 1. The summed E-state index contributed by atoms with van der Waals surface area (Å²) in [5, 5.41) is 0.695. The third kappa shape index (κ3) is 6.31. The standard InChI is InChI=1S/C20H24ClNO3/c1-3-24-19-8-6-7-16(15-19)20(23)22(2)13-4-5-14-25-18-11-9-17(21)10-12-18/h6-12,15H,3-5,13-14H2,1-2H3. The smallest absolute Gasteiger partial charge is 0.253 e. The number of benzene rings is 2. The SMILES string of the molecule is CCOc1cccc(C(=O)N(C)CCCCOc2ccc(Cl)cc2)c1. The predicted octanol–water partition coefficient (Wildman–Crippen LogP) is 4.67. The summed E-state index contributed by atoms with van der Waals surface area (Å²) in [6, 6.07) is 14.6. The van der Waals surface area contributed by atoms with Crippen molar-refractivity contribution in [2.75, 3.05) is 26.8 Å². The van der Waals surface area contributed by atoms with Gasteiger partial charge in [-0.3, -0.25) is 4.79 Å². The molecule has 0 saturated heterocycles. The summed E-state index contributed by atoms with van der Waals surface area (Å²) in [5.74, 6) is 1.53. The first-order valence-electron chi connectivity index (χ1n) is 8.47. The number of amides is 1. The van der Waals surface area contributed by atoms with E-state index in [0.29, 0.717) is 30.3 Å². The first-order valence-corrected chi connectivity index (χ1v) is 8.84. The molecule has 134 valence electrons. The zero-order valence-corrected chi connectivity index (χ0v) is 15.5. The average molecular weight is 362 g/mol. The number of rotatable bonds is 9. The number of hydrogen-bond donors (Lipinski definition) is 0. The monoisotopic (exact) mass is 361 g/mol. The van der Waals surface area contributed by atoms with Gasteiger partial charge in [0.05, 0.1) is 13.2 Å². The van der Waals surface area contributed by atoms with Gasteiger partial charge in [0.2, 0.25) is 0 Å². The zero-order chi connectivity index (χ0) is 18.1. The highest BCUT2D eigenvalue weighted by Crippen LogP contribution is 2.16. The molecule has 0 bridgehead atoms. The maximum absolute atomic E-state index is 12.4. The molecule has 0 aromatic heterocycles. The van der Waals surface area contributed by atoms with Gasteiger partial charge < -0.3 is 14.4 Å². The van der Waals surface area contributed by atoms with E-state index >= 15 is 0 Å². The van der Waals surface area contributed by atoms with Crippen LogP contribution in [0.1, 0.15) is 30.1 Å². The Bertz CT molecular complexity index is 673. The van der Waals surface area contributed by atoms with Crippen LogP contribution in [0.5, 0.6) is 11.5 Å². The van der Waals surface area contributed by atoms with Crippen molar-refractivity contribution in [1.29, 1.82) is 0 Å². The molecular formula is C20H24ClNO3. The number of carbonyl (C=O) groups excluding carboxylic acids is 1. The number of nitrogens with zero attached hydrogens (tertiary/aromatic N) is 1. The van der Waals surface area contributed by atoms with Crippen LogP contribution in [0.2, 0.25) is 5.02 Å². The van der Waals surface area contributed by atoms with Crippen molar-refractivity contribution >= 4 is 17.5 Å². The largest absolute Gasteiger partial charge is 0.494 e. The third-order valence-electron chi connectivity index (χ3n) is 3.71. The van der Waals surface area contributed by atoms with Crippen molar-refractivity contribution < 1.29 is 14.3 Å². The fourth-order valence-electron chi connectivity index (χ4n) is 2.38. The summed E-state index contributed by atoms with van der Waals surface area (Å²) < 4.78 is 11.1. The molecule has 0 aliphatic heterocycles. The Kier molecular flexibility index (Phi) is 7.61. The molecule has 4 nitrogen and oxygen atoms in total. The molecule has 0 radical (unpaired) electrons. The normalized spacial score (nSPS) is 10.4. The Morgan fingerprint density at radius 3 is 2.52 bits per heavy atom. The van der Waals surface area contributed by atoms with Gasteiger partial charge in [-0.1, -0.05) is 17.7 Å². The van der Waals surface area contributed by atoms with Crippen LogP contribution in [0.15, 0.2) is 48.5 Å². The summed E-state index contributed by atoms with van der Waals surface area (Å²) >= 11 is 5.84. The number of ether oxygens (including phenoxy) is 2. The summed E-state index contributed by atoms with van der Waals surface area (Å²) in [4.78, 5) is 14.2. The second-order valence-electron chi connectivity index (χ2n) is 5.70. The zero-order valence-electron chi connectivity index (χ0n) is 14.7.